The number of carbonyl (C=O) groups is 2. The van der Waals surface area contributed by atoms with Crippen LogP contribution in [0.25, 0.3) is 0 Å². The smallest absolute Gasteiger partial charge is 0.315 e. The van der Waals surface area contributed by atoms with Crippen molar-refractivity contribution >= 4 is 12.0 Å². The summed E-state index contributed by atoms with van der Waals surface area (Å²) in [5.74, 6) is -0.613. The Labute approximate surface area is 116 Å². The molecule has 2 unspecified atom stereocenters. The van der Waals surface area contributed by atoms with Crippen molar-refractivity contribution in [2.24, 2.45) is 5.92 Å². The predicted molar refractivity (Wildman–Crippen MR) is 76.2 cm³/mol. The van der Waals surface area contributed by atoms with E-state index in [2.05, 4.69) is 17.6 Å². The van der Waals surface area contributed by atoms with Gasteiger partial charge in [-0.05, 0) is 25.7 Å². The second kappa shape index (κ2) is 10.6. The minimum Gasteiger partial charge on any atom is -0.481 e. The molecule has 0 aliphatic carbocycles. The molecule has 5 heteroatoms. The maximum Gasteiger partial charge on any atom is 0.315 e. The zero-order valence-corrected chi connectivity index (χ0v) is 12.4. The highest BCUT2D eigenvalue weighted by Gasteiger charge is 2.09. The standard InChI is InChI=1S/C14H28N2O3/c1-4-5-6-7-12(3)16-14(19)15-10-11(2)8-9-13(17)18/h11-12H,4-10H2,1-3H3,(H,17,18)(H2,15,16,19). The molecule has 0 aromatic carbocycles. The fourth-order valence-electron chi connectivity index (χ4n) is 1.79. The molecule has 0 bridgehead atoms. The van der Waals surface area contributed by atoms with E-state index in [0.29, 0.717) is 13.0 Å². The lowest BCUT2D eigenvalue weighted by Gasteiger charge is -2.16. The van der Waals surface area contributed by atoms with Gasteiger partial charge in [-0.1, -0.05) is 33.1 Å². The Morgan fingerprint density at radius 2 is 1.84 bits per heavy atom. The van der Waals surface area contributed by atoms with Crippen LogP contribution in [-0.2, 0) is 4.79 Å². The third kappa shape index (κ3) is 11.6. The summed E-state index contributed by atoms with van der Waals surface area (Å²) in [6.07, 6.45) is 5.24. The number of carboxylic acids is 1. The number of rotatable bonds is 10. The average Bonchev–Trinajstić information content (AvgIpc) is 2.34. The fourth-order valence-corrected chi connectivity index (χ4v) is 1.79. The molecule has 2 atom stereocenters. The molecule has 19 heavy (non-hydrogen) atoms. The largest absolute Gasteiger partial charge is 0.481 e. The lowest BCUT2D eigenvalue weighted by atomic mass is 10.1. The number of aliphatic carboxylic acids is 1. The van der Waals surface area contributed by atoms with E-state index in [1.54, 1.807) is 0 Å². The first-order chi connectivity index (χ1) is 8.95. The Kier molecular flexibility index (Phi) is 9.94. The first kappa shape index (κ1) is 17.7. The van der Waals surface area contributed by atoms with Crippen molar-refractivity contribution in [2.45, 2.75) is 65.3 Å². The topological polar surface area (TPSA) is 78.4 Å². The van der Waals surface area contributed by atoms with Crippen LogP contribution >= 0.6 is 0 Å². The van der Waals surface area contributed by atoms with E-state index >= 15 is 0 Å². The number of urea groups is 1. The van der Waals surface area contributed by atoms with Crippen molar-refractivity contribution in [3.63, 3.8) is 0 Å². The highest BCUT2D eigenvalue weighted by Crippen LogP contribution is 2.04. The van der Waals surface area contributed by atoms with Crippen LogP contribution in [0.5, 0.6) is 0 Å². The van der Waals surface area contributed by atoms with Gasteiger partial charge in [-0.25, -0.2) is 4.79 Å². The van der Waals surface area contributed by atoms with Crippen molar-refractivity contribution in [3.8, 4) is 0 Å². The first-order valence-electron chi connectivity index (χ1n) is 7.21. The van der Waals surface area contributed by atoms with Gasteiger partial charge < -0.3 is 15.7 Å². The van der Waals surface area contributed by atoms with Crippen molar-refractivity contribution in [3.05, 3.63) is 0 Å². The van der Waals surface area contributed by atoms with Gasteiger partial charge in [0.2, 0.25) is 0 Å². The molecule has 0 saturated carbocycles. The lowest BCUT2D eigenvalue weighted by Crippen LogP contribution is -2.42. The van der Waals surface area contributed by atoms with Crippen LogP contribution in [0.2, 0.25) is 0 Å². The maximum atomic E-state index is 11.6. The van der Waals surface area contributed by atoms with Crippen LogP contribution in [0, 0.1) is 5.92 Å². The van der Waals surface area contributed by atoms with Gasteiger partial charge in [0.25, 0.3) is 0 Å². The Bertz CT molecular complexity index is 269. The molecule has 0 rings (SSSR count). The number of hydrogen-bond acceptors (Lipinski definition) is 2. The summed E-state index contributed by atoms with van der Waals surface area (Å²) < 4.78 is 0. The highest BCUT2D eigenvalue weighted by atomic mass is 16.4. The number of carbonyl (C=O) groups excluding carboxylic acids is 1. The van der Waals surface area contributed by atoms with E-state index in [0.717, 1.165) is 12.8 Å². The average molecular weight is 272 g/mol. The Morgan fingerprint density at radius 1 is 1.16 bits per heavy atom. The van der Waals surface area contributed by atoms with Crippen LogP contribution < -0.4 is 10.6 Å². The predicted octanol–water partition coefficient (Wildman–Crippen LogP) is 2.76. The number of unbranched alkanes of at least 4 members (excludes halogenated alkanes) is 2. The summed E-state index contributed by atoms with van der Waals surface area (Å²) in [7, 11) is 0. The minimum atomic E-state index is -0.791. The van der Waals surface area contributed by atoms with E-state index in [-0.39, 0.29) is 24.4 Å². The second-order valence-electron chi connectivity index (χ2n) is 5.29. The molecule has 0 aliphatic heterocycles. The molecule has 3 N–H and O–H groups in total. The Balaban J connectivity index is 3.64. The Hall–Kier alpha value is -1.26. The first-order valence-corrected chi connectivity index (χ1v) is 7.21. The molecule has 0 aromatic heterocycles. The molecule has 2 amide bonds. The van der Waals surface area contributed by atoms with Gasteiger partial charge in [-0.2, -0.15) is 0 Å². The maximum absolute atomic E-state index is 11.6. The van der Waals surface area contributed by atoms with Crippen molar-refractivity contribution in [2.75, 3.05) is 6.54 Å². The normalized spacial score (nSPS) is 13.6. The molecule has 0 saturated heterocycles. The molecule has 0 fully saturated rings. The van der Waals surface area contributed by atoms with E-state index in [1.165, 1.54) is 12.8 Å². The quantitative estimate of drug-likeness (QED) is 0.535. The van der Waals surface area contributed by atoms with Gasteiger partial charge in [0.1, 0.15) is 0 Å². The molecule has 112 valence electrons. The summed E-state index contributed by atoms with van der Waals surface area (Å²) in [6, 6.07) is 0.0204. The zero-order chi connectivity index (χ0) is 14.7. The van der Waals surface area contributed by atoms with E-state index in [4.69, 9.17) is 5.11 Å². The van der Waals surface area contributed by atoms with Gasteiger partial charge >= 0.3 is 12.0 Å². The molecule has 0 aliphatic rings. The molecule has 0 heterocycles. The second-order valence-corrected chi connectivity index (χ2v) is 5.29. The molecule has 0 aromatic rings. The van der Waals surface area contributed by atoms with E-state index in [1.807, 2.05) is 13.8 Å². The minimum absolute atomic E-state index is 0.151. The van der Waals surface area contributed by atoms with Crippen LogP contribution in [0.1, 0.15) is 59.3 Å². The highest BCUT2D eigenvalue weighted by molar-refractivity contribution is 5.74. The molecule has 0 spiro atoms. The van der Waals surface area contributed by atoms with Crippen LogP contribution in [0.4, 0.5) is 4.79 Å². The third-order valence-corrected chi connectivity index (χ3v) is 3.08. The van der Waals surface area contributed by atoms with Crippen molar-refractivity contribution in [1.82, 2.24) is 10.6 Å². The van der Waals surface area contributed by atoms with Crippen molar-refractivity contribution < 1.29 is 14.7 Å². The molecular formula is C14H28N2O3. The summed E-state index contributed by atoms with van der Waals surface area (Å²) >= 11 is 0. The molecule has 5 nitrogen and oxygen atoms in total. The summed E-state index contributed by atoms with van der Waals surface area (Å²) in [4.78, 5) is 22.0. The summed E-state index contributed by atoms with van der Waals surface area (Å²) in [5, 5.41) is 14.2. The number of nitrogens with one attached hydrogen (secondary N) is 2. The van der Waals surface area contributed by atoms with Gasteiger partial charge in [-0.3, -0.25) is 4.79 Å². The monoisotopic (exact) mass is 272 g/mol. The molecule has 0 radical (unpaired) electrons. The van der Waals surface area contributed by atoms with Crippen molar-refractivity contribution in [1.29, 1.82) is 0 Å². The molecular weight excluding hydrogens is 244 g/mol. The van der Waals surface area contributed by atoms with Crippen LogP contribution in [-0.4, -0.2) is 29.7 Å². The number of carboxylic acid groups (broad SMARTS) is 1. The van der Waals surface area contributed by atoms with Crippen LogP contribution in [0.3, 0.4) is 0 Å². The summed E-state index contributed by atoms with van der Waals surface area (Å²) in [5.41, 5.74) is 0. The van der Waals surface area contributed by atoms with E-state index in [9.17, 15) is 9.59 Å². The number of amides is 2. The van der Waals surface area contributed by atoms with E-state index < -0.39 is 5.97 Å². The van der Waals surface area contributed by atoms with Gasteiger partial charge in [0.05, 0.1) is 0 Å². The zero-order valence-electron chi connectivity index (χ0n) is 12.4. The fraction of sp³-hybridized carbons (Fsp3) is 0.857. The number of hydrogen-bond donors (Lipinski definition) is 3. The van der Waals surface area contributed by atoms with Gasteiger partial charge in [-0.15, -0.1) is 0 Å². The summed E-state index contributed by atoms with van der Waals surface area (Å²) in [6.45, 7) is 6.61. The Morgan fingerprint density at radius 3 is 2.42 bits per heavy atom. The van der Waals surface area contributed by atoms with Gasteiger partial charge in [0, 0.05) is 19.0 Å². The van der Waals surface area contributed by atoms with Gasteiger partial charge in [0.15, 0.2) is 0 Å². The SMILES string of the molecule is CCCCCC(C)NC(=O)NCC(C)CCC(=O)O. The third-order valence-electron chi connectivity index (χ3n) is 3.08. The lowest BCUT2D eigenvalue weighted by molar-refractivity contribution is -0.137. The van der Waals surface area contributed by atoms with Crippen LogP contribution in [0.15, 0.2) is 0 Å².